The van der Waals surface area contributed by atoms with Gasteiger partial charge in [0.25, 0.3) is 0 Å². The Morgan fingerprint density at radius 2 is 1.77 bits per heavy atom. The Bertz CT molecular complexity index is 785. The number of allylic oxidation sites excluding steroid dienone is 1. The Morgan fingerprint density at radius 1 is 1.12 bits per heavy atom. The van der Waals surface area contributed by atoms with Crippen molar-refractivity contribution in [2.45, 2.75) is 71.2 Å². The summed E-state index contributed by atoms with van der Waals surface area (Å²) < 4.78 is 12.4. The molecular formula is C23H30O2Si. The van der Waals surface area contributed by atoms with Crippen molar-refractivity contribution < 1.29 is 9.47 Å². The lowest BCUT2D eigenvalue weighted by molar-refractivity contribution is -0.136. The molecule has 2 fully saturated rings. The van der Waals surface area contributed by atoms with Gasteiger partial charge in [-0.3, -0.25) is 0 Å². The molecule has 0 radical (unpaired) electrons. The maximum absolute atomic E-state index is 6.24. The van der Waals surface area contributed by atoms with E-state index in [9.17, 15) is 0 Å². The van der Waals surface area contributed by atoms with Gasteiger partial charge in [-0.1, -0.05) is 68.7 Å². The number of unbranched alkanes of at least 4 members (excludes halogenated alkanes) is 1. The molecule has 138 valence electrons. The summed E-state index contributed by atoms with van der Waals surface area (Å²) in [6.45, 7) is 13.3. The molecule has 1 aliphatic carbocycles. The van der Waals surface area contributed by atoms with Crippen molar-refractivity contribution in [2.24, 2.45) is 0 Å². The van der Waals surface area contributed by atoms with Crippen LogP contribution in [0.2, 0.25) is 19.6 Å². The summed E-state index contributed by atoms with van der Waals surface area (Å²) >= 11 is 0. The third kappa shape index (κ3) is 3.88. The Kier molecular flexibility index (Phi) is 5.30. The SMILES string of the molecule is CCCC#C/C(=C1\C(=C\c2ccccc2)[C@H]2OC(C)(C)O[C@@H]12)[Si](C)(C)C. The molecule has 3 rings (SSSR count). The number of hydrogen-bond acceptors (Lipinski definition) is 2. The van der Waals surface area contributed by atoms with Gasteiger partial charge in [0.05, 0.1) is 8.07 Å². The van der Waals surface area contributed by atoms with Crippen LogP contribution < -0.4 is 0 Å². The molecule has 2 nitrogen and oxygen atoms in total. The van der Waals surface area contributed by atoms with E-state index in [4.69, 9.17) is 9.47 Å². The van der Waals surface area contributed by atoms with Crippen molar-refractivity contribution in [3.05, 3.63) is 52.2 Å². The van der Waals surface area contributed by atoms with E-state index in [2.05, 4.69) is 68.7 Å². The molecule has 1 aliphatic heterocycles. The summed E-state index contributed by atoms with van der Waals surface area (Å²) in [4.78, 5) is 0. The van der Waals surface area contributed by atoms with Crippen LogP contribution in [-0.2, 0) is 9.47 Å². The molecule has 1 heterocycles. The molecule has 1 saturated heterocycles. The van der Waals surface area contributed by atoms with Crippen molar-refractivity contribution in [3.8, 4) is 11.8 Å². The summed E-state index contributed by atoms with van der Waals surface area (Å²) in [5.74, 6) is 6.37. The van der Waals surface area contributed by atoms with Crippen LogP contribution in [0.3, 0.4) is 0 Å². The van der Waals surface area contributed by atoms with Crippen molar-refractivity contribution >= 4 is 14.1 Å². The maximum atomic E-state index is 6.24. The van der Waals surface area contributed by atoms with Gasteiger partial charge in [-0.2, -0.15) is 0 Å². The first-order valence-corrected chi connectivity index (χ1v) is 13.1. The molecule has 1 aromatic carbocycles. The fourth-order valence-corrected chi connectivity index (χ4v) is 5.09. The molecule has 0 bridgehead atoms. The predicted octanol–water partition coefficient (Wildman–Crippen LogP) is 5.58. The second-order valence-electron chi connectivity index (χ2n) is 8.58. The number of hydrogen-bond donors (Lipinski definition) is 0. The van der Waals surface area contributed by atoms with Gasteiger partial charge in [-0.25, -0.2) is 0 Å². The third-order valence-electron chi connectivity index (χ3n) is 4.73. The van der Waals surface area contributed by atoms with Crippen molar-refractivity contribution in [3.63, 3.8) is 0 Å². The first kappa shape index (κ1) is 19.2. The molecule has 0 spiro atoms. The van der Waals surface area contributed by atoms with E-state index in [1.54, 1.807) is 0 Å². The van der Waals surface area contributed by atoms with E-state index in [0.717, 1.165) is 12.8 Å². The van der Waals surface area contributed by atoms with Gasteiger partial charge in [-0.15, -0.1) is 0 Å². The third-order valence-corrected chi connectivity index (χ3v) is 6.62. The number of fused-ring (bicyclic) bond motifs is 1. The van der Waals surface area contributed by atoms with E-state index >= 15 is 0 Å². The summed E-state index contributed by atoms with van der Waals surface area (Å²) in [6.07, 6.45) is 4.31. The second kappa shape index (κ2) is 7.19. The van der Waals surface area contributed by atoms with Crippen LogP contribution in [-0.4, -0.2) is 26.1 Å². The summed E-state index contributed by atoms with van der Waals surface area (Å²) in [5.41, 5.74) is 3.73. The molecule has 26 heavy (non-hydrogen) atoms. The standard InChI is InChI=1S/C23H30O2Si/c1-7-8-10-15-19(26(4,5)6)20-18(16-17-13-11-9-12-14-17)21-22(20)25-23(2,3)24-21/h9,11-14,16,21-22H,7-8H2,1-6H3/b18-16-,20-19-/t21-,22+/m1/s1. The van der Waals surface area contributed by atoms with Gasteiger partial charge >= 0.3 is 0 Å². The monoisotopic (exact) mass is 366 g/mol. The number of benzene rings is 1. The first-order chi connectivity index (χ1) is 12.2. The van der Waals surface area contributed by atoms with E-state index in [0.29, 0.717) is 0 Å². The van der Waals surface area contributed by atoms with Crippen LogP contribution in [0.5, 0.6) is 0 Å². The summed E-state index contributed by atoms with van der Waals surface area (Å²) in [5, 5.41) is 1.32. The number of ether oxygens (including phenoxy) is 2. The first-order valence-electron chi connectivity index (χ1n) is 9.59. The van der Waals surface area contributed by atoms with Crippen LogP contribution in [0.25, 0.3) is 6.08 Å². The van der Waals surface area contributed by atoms with Gasteiger partial charge in [0, 0.05) is 6.42 Å². The normalized spacial score (nSPS) is 27.4. The van der Waals surface area contributed by atoms with Crippen molar-refractivity contribution in [1.29, 1.82) is 0 Å². The lowest BCUT2D eigenvalue weighted by atomic mass is 9.78. The molecule has 0 aromatic heterocycles. The van der Waals surface area contributed by atoms with Gasteiger partial charge in [0.2, 0.25) is 0 Å². The Morgan fingerprint density at radius 3 is 2.38 bits per heavy atom. The molecule has 2 aliphatic rings. The fraction of sp³-hybridized carbons (Fsp3) is 0.478. The molecule has 0 amide bonds. The number of rotatable bonds is 3. The topological polar surface area (TPSA) is 18.5 Å². The molecule has 3 heteroatoms. The maximum Gasteiger partial charge on any atom is 0.164 e. The minimum atomic E-state index is -1.61. The Balaban J connectivity index is 2.11. The minimum absolute atomic E-state index is 0.0117. The molecular weight excluding hydrogens is 336 g/mol. The molecule has 0 unspecified atom stereocenters. The van der Waals surface area contributed by atoms with E-state index in [1.165, 1.54) is 21.9 Å². The van der Waals surface area contributed by atoms with E-state index < -0.39 is 13.9 Å². The van der Waals surface area contributed by atoms with Gasteiger partial charge in [-0.05, 0) is 48.3 Å². The van der Waals surface area contributed by atoms with Gasteiger partial charge in [0.15, 0.2) is 5.79 Å². The lowest BCUT2D eigenvalue weighted by Crippen LogP contribution is -2.43. The predicted molar refractivity (Wildman–Crippen MR) is 111 cm³/mol. The summed E-state index contributed by atoms with van der Waals surface area (Å²) in [7, 11) is -1.61. The second-order valence-corrected chi connectivity index (χ2v) is 13.6. The average molecular weight is 367 g/mol. The molecule has 2 atom stereocenters. The van der Waals surface area contributed by atoms with E-state index in [1.807, 2.05) is 19.9 Å². The average Bonchev–Trinajstić information content (AvgIpc) is 2.84. The van der Waals surface area contributed by atoms with Crippen LogP contribution in [0, 0.1) is 11.8 Å². The highest BCUT2D eigenvalue weighted by molar-refractivity contribution is 6.84. The Hall–Kier alpha value is -1.60. The fourth-order valence-electron chi connectivity index (χ4n) is 3.53. The van der Waals surface area contributed by atoms with Crippen LogP contribution in [0.1, 0.15) is 39.2 Å². The van der Waals surface area contributed by atoms with Crippen molar-refractivity contribution in [2.75, 3.05) is 0 Å². The summed E-state index contributed by atoms with van der Waals surface area (Å²) in [6, 6.07) is 10.5. The zero-order valence-corrected chi connectivity index (χ0v) is 17.8. The molecule has 0 N–H and O–H groups in total. The van der Waals surface area contributed by atoms with Crippen LogP contribution >= 0.6 is 0 Å². The van der Waals surface area contributed by atoms with Crippen LogP contribution in [0.4, 0.5) is 0 Å². The van der Waals surface area contributed by atoms with E-state index in [-0.39, 0.29) is 12.2 Å². The smallest absolute Gasteiger partial charge is 0.164 e. The van der Waals surface area contributed by atoms with Crippen LogP contribution in [0.15, 0.2) is 46.7 Å². The minimum Gasteiger partial charge on any atom is -0.339 e. The van der Waals surface area contributed by atoms with Crippen molar-refractivity contribution in [1.82, 2.24) is 0 Å². The Labute approximate surface area is 159 Å². The zero-order valence-electron chi connectivity index (χ0n) is 16.8. The quantitative estimate of drug-likeness (QED) is 0.513. The molecule has 1 saturated carbocycles. The van der Waals surface area contributed by atoms with Gasteiger partial charge < -0.3 is 9.47 Å². The lowest BCUT2D eigenvalue weighted by Gasteiger charge is -2.38. The zero-order chi connectivity index (χ0) is 18.9. The largest absolute Gasteiger partial charge is 0.339 e. The highest BCUT2D eigenvalue weighted by Crippen LogP contribution is 2.50. The molecule has 1 aromatic rings. The highest BCUT2D eigenvalue weighted by Gasteiger charge is 2.55. The van der Waals surface area contributed by atoms with Gasteiger partial charge in [0.1, 0.15) is 12.2 Å². The highest BCUT2D eigenvalue weighted by atomic mass is 28.3.